The zero-order chi connectivity index (χ0) is 8.97. The summed E-state index contributed by atoms with van der Waals surface area (Å²) in [6, 6.07) is 5.48. The summed E-state index contributed by atoms with van der Waals surface area (Å²) in [5.41, 5.74) is 2.38. The lowest BCUT2D eigenvalue weighted by Crippen LogP contribution is -1.84. The van der Waals surface area contributed by atoms with Gasteiger partial charge in [-0.15, -0.1) is 0 Å². The molecule has 12 heavy (non-hydrogen) atoms. The lowest BCUT2D eigenvalue weighted by molar-refractivity contribution is 0.475. The first-order chi connectivity index (χ1) is 5.77. The molecule has 1 aromatic rings. The third-order valence-electron chi connectivity index (χ3n) is 1.86. The van der Waals surface area contributed by atoms with Crippen LogP contribution in [0.25, 0.3) is 6.08 Å². The topological polar surface area (TPSA) is 20.2 Å². The number of hydrogen-bond donors (Lipinski definition) is 1. The molecule has 0 aliphatic rings. The van der Waals surface area contributed by atoms with Crippen molar-refractivity contribution in [3.8, 4) is 5.75 Å². The van der Waals surface area contributed by atoms with E-state index >= 15 is 0 Å². The maximum absolute atomic E-state index is 9.23. The van der Waals surface area contributed by atoms with Gasteiger partial charge in [0.05, 0.1) is 0 Å². The van der Waals surface area contributed by atoms with Crippen molar-refractivity contribution in [3.05, 3.63) is 35.4 Å². The van der Waals surface area contributed by atoms with E-state index in [9.17, 15) is 5.11 Å². The van der Waals surface area contributed by atoms with Gasteiger partial charge in [-0.25, -0.2) is 0 Å². The summed E-state index contributed by atoms with van der Waals surface area (Å²) in [7, 11) is 0. The van der Waals surface area contributed by atoms with Crippen molar-refractivity contribution >= 4 is 6.08 Å². The van der Waals surface area contributed by atoms with E-state index in [1.54, 1.807) is 12.1 Å². The van der Waals surface area contributed by atoms with Crippen LogP contribution in [0.1, 0.15) is 25.0 Å². The Morgan fingerprint density at radius 2 is 2.17 bits per heavy atom. The molecule has 0 aliphatic heterocycles. The van der Waals surface area contributed by atoms with Gasteiger partial charge in [0.2, 0.25) is 0 Å². The number of allylic oxidation sites excluding steroid dienone is 1. The Labute approximate surface area is 73.4 Å². The summed E-state index contributed by atoms with van der Waals surface area (Å²) in [5, 5.41) is 9.23. The van der Waals surface area contributed by atoms with Gasteiger partial charge in [-0.05, 0) is 36.6 Å². The van der Waals surface area contributed by atoms with Crippen LogP contribution < -0.4 is 0 Å². The van der Waals surface area contributed by atoms with Crippen molar-refractivity contribution in [1.29, 1.82) is 0 Å². The standard InChI is InChI=1S/C11H14O/c1-3-5-10-8-11(12)7-6-9(10)4-2/h3,5-8,12H,4H2,1-2H3. The molecule has 0 atom stereocenters. The predicted molar refractivity (Wildman–Crippen MR) is 52.2 cm³/mol. The summed E-state index contributed by atoms with van der Waals surface area (Å²) in [6.45, 7) is 4.09. The first-order valence-electron chi connectivity index (χ1n) is 4.22. The van der Waals surface area contributed by atoms with Crippen LogP contribution in [0, 0.1) is 0 Å². The maximum atomic E-state index is 9.23. The Morgan fingerprint density at radius 3 is 2.75 bits per heavy atom. The van der Waals surface area contributed by atoms with Crippen LogP contribution in [-0.4, -0.2) is 5.11 Å². The van der Waals surface area contributed by atoms with E-state index in [1.165, 1.54) is 5.56 Å². The highest BCUT2D eigenvalue weighted by molar-refractivity contribution is 5.55. The number of hydrogen-bond acceptors (Lipinski definition) is 1. The average Bonchev–Trinajstić information content (AvgIpc) is 2.05. The molecular weight excluding hydrogens is 148 g/mol. The Bertz CT molecular complexity index is 287. The Morgan fingerprint density at radius 1 is 1.42 bits per heavy atom. The van der Waals surface area contributed by atoms with E-state index in [0.717, 1.165) is 12.0 Å². The molecule has 0 radical (unpaired) electrons. The van der Waals surface area contributed by atoms with Crippen molar-refractivity contribution in [2.24, 2.45) is 0 Å². The van der Waals surface area contributed by atoms with E-state index in [2.05, 4.69) is 6.92 Å². The van der Waals surface area contributed by atoms with Crippen LogP contribution in [0.4, 0.5) is 0 Å². The summed E-state index contributed by atoms with van der Waals surface area (Å²) >= 11 is 0. The van der Waals surface area contributed by atoms with Gasteiger partial charge in [0.1, 0.15) is 5.75 Å². The van der Waals surface area contributed by atoms with Gasteiger partial charge in [0, 0.05) is 0 Å². The second-order valence-corrected chi connectivity index (χ2v) is 2.74. The van der Waals surface area contributed by atoms with Gasteiger partial charge >= 0.3 is 0 Å². The van der Waals surface area contributed by atoms with Gasteiger partial charge < -0.3 is 5.11 Å². The molecule has 0 saturated carbocycles. The maximum Gasteiger partial charge on any atom is 0.116 e. The monoisotopic (exact) mass is 162 g/mol. The lowest BCUT2D eigenvalue weighted by atomic mass is 10.0. The minimum absolute atomic E-state index is 0.334. The Kier molecular flexibility index (Phi) is 2.92. The van der Waals surface area contributed by atoms with Crippen molar-refractivity contribution in [1.82, 2.24) is 0 Å². The third-order valence-corrected chi connectivity index (χ3v) is 1.86. The molecule has 0 aromatic heterocycles. The lowest BCUT2D eigenvalue weighted by Gasteiger charge is -2.02. The number of aromatic hydroxyl groups is 1. The second kappa shape index (κ2) is 3.96. The molecule has 0 heterocycles. The van der Waals surface area contributed by atoms with Gasteiger partial charge in [-0.3, -0.25) is 0 Å². The van der Waals surface area contributed by atoms with Crippen molar-refractivity contribution < 1.29 is 5.11 Å². The molecule has 0 spiro atoms. The van der Waals surface area contributed by atoms with Crippen molar-refractivity contribution in [2.75, 3.05) is 0 Å². The highest BCUT2D eigenvalue weighted by Crippen LogP contribution is 2.18. The van der Waals surface area contributed by atoms with E-state index in [-0.39, 0.29) is 0 Å². The first-order valence-corrected chi connectivity index (χ1v) is 4.22. The van der Waals surface area contributed by atoms with E-state index in [1.807, 2.05) is 25.1 Å². The third kappa shape index (κ3) is 1.88. The molecule has 0 fully saturated rings. The molecule has 0 unspecified atom stereocenters. The number of benzene rings is 1. The molecule has 0 bridgehead atoms. The molecule has 1 heteroatoms. The SMILES string of the molecule is CC=Cc1cc(O)ccc1CC. The highest BCUT2D eigenvalue weighted by Gasteiger charge is 1.97. The smallest absolute Gasteiger partial charge is 0.116 e. The number of aryl methyl sites for hydroxylation is 1. The second-order valence-electron chi connectivity index (χ2n) is 2.74. The fourth-order valence-corrected chi connectivity index (χ4v) is 1.24. The summed E-state index contributed by atoms with van der Waals surface area (Å²) in [4.78, 5) is 0. The highest BCUT2D eigenvalue weighted by atomic mass is 16.3. The molecule has 0 saturated heterocycles. The van der Waals surface area contributed by atoms with Crippen molar-refractivity contribution in [2.45, 2.75) is 20.3 Å². The fourth-order valence-electron chi connectivity index (χ4n) is 1.24. The minimum Gasteiger partial charge on any atom is -0.508 e. The van der Waals surface area contributed by atoms with Crippen LogP contribution in [0.5, 0.6) is 5.75 Å². The number of phenols is 1. The fraction of sp³-hybridized carbons (Fsp3) is 0.273. The van der Waals surface area contributed by atoms with Gasteiger partial charge in [0.15, 0.2) is 0 Å². The minimum atomic E-state index is 0.334. The van der Waals surface area contributed by atoms with Crippen molar-refractivity contribution in [3.63, 3.8) is 0 Å². The van der Waals surface area contributed by atoms with Crippen LogP contribution >= 0.6 is 0 Å². The van der Waals surface area contributed by atoms with Crippen LogP contribution in [0.15, 0.2) is 24.3 Å². The Balaban J connectivity index is 3.12. The molecule has 1 N–H and O–H groups in total. The van der Waals surface area contributed by atoms with E-state index < -0.39 is 0 Å². The molecule has 0 amide bonds. The van der Waals surface area contributed by atoms with Crippen LogP contribution in [0.2, 0.25) is 0 Å². The van der Waals surface area contributed by atoms with Crippen LogP contribution in [0.3, 0.4) is 0 Å². The normalized spacial score (nSPS) is 10.8. The molecule has 1 nitrogen and oxygen atoms in total. The molecule has 1 rings (SSSR count). The average molecular weight is 162 g/mol. The van der Waals surface area contributed by atoms with Crippen LogP contribution in [-0.2, 0) is 6.42 Å². The quantitative estimate of drug-likeness (QED) is 0.708. The largest absolute Gasteiger partial charge is 0.508 e. The number of phenolic OH excluding ortho intramolecular Hbond substituents is 1. The summed E-state index contributed by atoms with van der Waals surface area (Å²) in [6.07, 6.45) is 4.99. The molecule has 1 aromatic carbocycles. The van der Waals surface area contributed by atoms with Gasteiger partial charge in [0.25, 0.3) is 0 Å². The summed E-state index contributed by atoms with van der Waals surface area (Å²) in [5.74, 6) is 0.334. The first kappa shape index (κ1) is 8.85. The predicted octanol–water partition coefficient (Wildman–Crippen LogP) is 2.99. The van der Waals surface area contributed by atoms with E-state index in [4.69, 9.17) is 0 Å². The van der Waals surface area contributed by atoms with Gasteiger partial charge in [-0.2, -0.15) is 0 Å². The Hall–Kier alpha value is -1.24. The summed E-state index contributed by atoms with van der Waals surface area (Å²) < 4.78 is 0. The van der Waals surface area contributed by atoms with Gasteiger partial charge in [-0.1, -0.05) is 25.1 Å². The molecular formula is C11H14O. The molecule has 64 valence electrons. The van der Waals surface area contributed by atoms with E-state index in [0.29, 0.717) is 5.75 Å². The molecule has 0 aliphatic carbocycles. The zero-order valence-electron chi connectivity index (χ0n) is 7.54. The zero-order valence-corrected chi connectivity index (χ0v) is 7.54. The number of rotatable bonds is 2.